The van der Waals surface area contributed by atoms with E-state index in [0.717, 1.165) is 12.1 Å². The SMILES string of the molecule is CC1OC(OCCN(CCOC2OC(C)C(O)C(O)C2O)C(=O)CCCCC(=O)On2c(O)ccc2O)C(O)C(O)C1C. The molecule has 2 saturated heterocycles. The molecule has 0 aliphatic carbocycles. The summed E-state index contributed by atoms with van der Waals surface area (Å²) in [6.45, 7) is 4.94. The highest BCUT2D eigenvalue weighted by Crippen LogP contribution is 2.26. The first-order valence-electron chi connectivity index (χ1n) is 14.3. The van der Waals surface area contributed by atoms with Gasteiger partial charge in [0.25, 0.3) is 0 Å². The van der Waals surface area contributed by atoms with E-state index in [1.807, 2.05) is 0 Å². The number of rotatable bonds is 14. The number of hydrogen-bond acceptors (Lipinski definition) is 14. The van der Waals surface area contributed by atoms with Gasteiger partial charge in [0, 0.05) is 44.0 Å². The number of hydrogen-bond donors (Lipinski definition) is 7. The van der Waals surface area contributed by atoms with Gasteiger partial charge in [0.05, 0.1) is 31.5 Å². The molecule has 43 heavy (non-hydrogen) atoms. The highest BCUT2D eigenvalue weighted by Gasteiger charge is 2.43. The van der Waals surface area contributed by atoms with E-state index >= 15 is 0 Å². The van der Waals surface area contributed by atoms with E-state index in [4.69, 9.17) is 23.8 Å². The molecule has 1 aromatic rings. The number of amides is 1. The number of carbonyl (C=O) groups excluding carboxylic acids is 2. The van der Waals surface area contributed by atoms with Crippen molar-refractivity contribution in [2.75, 3.05) is 26.3 Å². The summed E-state index contributed by atoms with van der Waals surface area (Å²) < 4.78 is 22.9. The summed E-state index contributed by atoms with van der Waals surface area (Å²) in [5, 5.41) is 69.8. The van der Waals surface area contributed by atoms with Crippen LogP contribution < -0.4 is 4.84 Å². The average molecular weight is 621 g/mol. The van der Waals surface area contributed by atoms with Crippen molar-refractivity contribution in [3.8, 4) is 11.8 Å². The zero-order chi connectivity index (χ0) is 31.8. The zero-order valence-corrected chi connectivity index (χ0v) is 24.5. The van der Waals surface area contributed by atoms with Gasteiger partial charge in [-0.15, -0.1) is 4.73 Å². The summed E-state index contributed by atoms with van der Waals surface area (Å²) in [7, 11) is 0. The lowest BCUT2D eigenvalue weighted by Gasteiger charge is -2.40. The fraction of sp³-hybridized carbons (Fsp3) is 0.778. The Morgan fingerprint density at radius 1 is 0.767 bits per heavy atom. The Morgan fingerprint density at radius 3 is 1.86 bits per heavy atom. The lowest BCUT2D eigenvalue weighted by molar-refractivity contribution is -0.293. The van der Waals surface area contributed by atoms with Crippen LogP contribution >= 0.6 is 0 Å². The third-order valence-electron chi connectivity index (χ3n) is 7.72. The van der Waals surface area contributed by atoms with Gasteiger partial charge < -0.3 is 64.4 Å². The lowest BCUT2D eigenvalue weighted by Crippen LogP contribution is -2.57. The van der Waals surface area contributed by atoms with Gasteiger partial charge in [-0.2, -0.15) is 0 Å². The van der Waals surface area contributed by atoms with Crippen molar-refractivity contribution in [2.45, 2.75) is 102 Å². The molecule has 0 saturated carbocycles. The van der Waals surface area contributed by atoms with Gasteiger partial charge in [-0.3, -0.25) is 4.79 Å². The molecule has 16 nitrogen and oxygen atoms in total. The topological polar surface area (TPSA) is 230 Å². The van der Waals surface area contributed by atoms with Gasteiger partial charge in [-0.1, -0.05) is 6.92 Å². The average Bonchev–Trinajstić information content (AvgIpc) is 3.29. The van der Waals surface area contributed by atoms with Crippen LogP contribution in [0.25, 0.3) is 0 Å². The number of unbranched alkanes of at least 4 members (excludes halogenated alkanes) is 1. The Balaban J connectivity index is 1.51. The molecule has 0 bridgehead atoms. The van der Waals surface area contributed by atoms with Crippen molar-refractivity contribution in [2.24, 2.45) is 5.92 Å². The van der Waals surface area contributed by atoms with Crippen LogP contribution in [-0.2, 0) is 28.5 Å². The monoisotopic (exact) mass is 620 g/mol. The molecule has 16 heteroatoms. The highest BCUT2D eigenvalue weighted by atomic mass is 16.7. The molecule has 3 heterocycles. The third-order valence-corrected chi connectivity index (χ3v) is 7.72. The molecule has 3 rings (SSSR count). The standard InChI is InChI=1S/C27H44N2O14/c1-14-15(2)41-26(24(37)21(14)34)39-12-10-28(11-13-40-27-25(38)23(36)22(35)16(3)42-27)17(30)6-4-5-7-20(33)43-29-18(31)8-9-19(29)32/h8-9,14-16,21-27,31-32,34-38H,4-7,10-13H2,1-3H3. The van der Waals surface area contributed by atoms with E-state index in [-0.39, 0.29) is 63.5 Å². The Bertz CT molecular complexity index is 980. The molecule has 2 fully saturated rings. The van der Waals surface area contributed by atoms with Crippen molar-refractivity contribution in [3.05, 3.63) is 12.1 Å². The fourth-order valence-electron chi connectivity index (χ4n) is 4.72. The first-order valence-corrected chi connectivity index (χ1v) is 14.3. The van der Waals surface area contributed by atoms with Gasteiger partial charge >= 0.3 is 5.97 Å². The van der Waals surface area contributed by atoms with E-state index < -0.39 is 66.9 Å². The van der Waals surface area contributed by atoms with Crippen LogP contribution in [0.2, 0.25) is 0 Å². The summed E-state index contributed by atoms with van der Waals surface area (Å²) >= 11 is 0. The van der Waals surface area contributed by atoms with Crippen molar-refractivity contribution < 1.29 is 69.1 Å². The van der Waals surface area contributed by atoms with E-state index in [2.05, 4.69) is 0 Å². The predicted octanol–water partition coefficient (Wildman–Crippen LogP) is -1.79. The molecule has 2 aliphatic heterocycles. The largest absolute Gasteiger partial charge is 0.492 e. The van der Waals surface area contributed by atoms with Crippen molar-refractivity contribution in [1.29, 1.82) is 0 Å². The van der Waals surface area contributed by atoms with Crippen LogP contribution in [0.3, 0.4) is 0 Å². The highest BCUT2D eigenvalue weighted by molar-refractivity contribution is 5.76. The second kappa shape index (κ2) is 16.0. The number of ether oxygens (including phenoxy) is 4. The molecular formula is C27H44N2O14. The molecule has 2 aliphatic rings. The molecule has 0 spiro atoms. The minimum absolute atomic E-state index is 0.0279. The smallest absolute Gasteiger partial charge is 0.333 e. The predicted molar refractivity (Wildman–Crippen MR) is 144 cm³/mol. The molecule has 10 atom stereocenters. The van der Waals surface area contributed by atoms with Crippen LogP contribution in [0.15, 0.2) is 12.1 Å². The van der Waals surface area contributed by atoms with Gasteiger partial charge in [-0.05, 0) is 26.7 Å². The molecule has 0 aromatic carbocycles. The third kappa shape index (κ3) is 9.23. The minimum Gasteiger partial charge on any atom is -0.492 e. The second-order valence-electron chi connectivity index (χ2n) is 10.9. The van der Waals surface area contributed by atoms with Gasteiger partial charge in [0.15, 0.2) is 12.6 Å². The number of aromatic hydroxyl groups is 2. The van der Waals surface area contributed by atoms with Crippen molar-refractivity contribution >= 4 is 11.9 Å². The van der Waals surface area contributed by atoms with Crippen LogP contribution in [-0.4, -0.2) is 139 Å². The number of nitrogens with zero attached hydrogens (tertiary/aromatic N) is 2. The fourth-order valence-corrected chi connectivity index (χ4v) is 4.72. The maximum atomic E-state index is 13.1. The minimum atomic E-state index is -1.51. The van der Waals surface area contributed by atoms with Crippen molar-refractivity contribution in [1.82, 2.24) is 9.63 Å². The molecule has 246 valence electrons. The molecule has 10 unspecified atom stereocenters. The van der Waals surface area contributed by atoms with E-state index in [1.165, 1.54) is 11.8 Å². The lowest BCUT2D eigenvalue weighted by atomic mass is 9.92. The Labute approximate surface area is 248 Å². The van der Waals surface area contributed by atoms with Crippen molar-refractivity contribution in [3.63, 3.8) is 0 Å². The summed E-state index contributed by atoms with van der Waals surface area (Å²) in [6, 6.07) is 2.31. The maximum absolute atomic E-state index is 13.1. The molecule has 1 aromatic heterocycles. The number of aliphatic hydroxyl groups excluding tert-OH is 5. The van der Waals surface area contributed by atoms with Gasteiger partial charge in [0.1, 0.15) is 24.4 Å². The molecule has 7 N–H and O–H groups in total. The molecule has 0 radical (unpaired) electrons. The quantitative estimate of drug-likeness (QED) is 0.114. The summed E-state index contributed by atoms with van der Waals surface area (Å²) in [4.78, 5) is 31.4. The van der Waals surface area contributed by atoms with Crippen LogP contribution in [0.5, 0.6) is 11.8 Å². The summed E-state index contributed by atoms with van der Waals surface area (Å²) in [5.74, 6) is -2.24. The van der Waals surface area contributed by atoms with E-state index in [9.17, 15) is 45.3 Å². The Kier molecular flexibility index (Phi) is 13.0. The van der Waals surface area contributed by atoms with Gasteiger partial charge in [0.2, 0.25) is 17.7 Å². The molecular weight excluding hydrogens is 576 g/mol. The number of carbonyl (C=O) groups is 2. The normalized spacial score (nSPS) is 32.8. The molecule has 1 amide bonds. The van der Waals surface area contributed by atoms with E-state index in [0.29, 0.717) is 11.2 Å². The van der Waals surface area contributed by atoms with Crippen LogP contribution in [0, 0.1) is 5.92 Å². The second-order valence-corrected chi connectivity index (χ2v) is 10.9. The number of aromatic nitrogens is 1. The van der Waals surface area contributed by atoms with Gasteiger partial charge in [-0.25, -0.2) is 4.79 Å². The first-order chi connectivity index (χ1) is 20.3. The van der Waals surface area contributed by atoms with Crippen LogP contribution in [0.4, 0.5) is 0 Å². The number of aliphatic hydroxyl groups is 5. The van der Waals surface area contributed by atoms with Crippen LogP contribution in [0.1, 0.15) is 46.5 Å². The summed E-state index contributed by atoms with van der Waals surface area (Å²) in [6.07, 6.45) is -9.57. The Hall–Kier alpha value is -2.54. The van der Waals surface area contributed by atoms with E-state index in [1.54, 1.807) is 13.8 Å². The first kappa shape index (κ1) is 34.9. The Morgan fingerprint density at radius 2 is 1.28 bits per heavy atom. The summed E-state index contributed by atoms with van der Waals surface area (Å²) in [5.41, 5.74) is 0. The zero-order valence-electron chi connectivity index (χ0n) is 24.5. The maximum Gasteiger partial charge on any atom is 0.333 e.